The van der Waals surface area contributed by atoms with Crippen molar-refractivity contribution in [1.82, 2.24) is 14.9 Å². The Bertz CT molecular complexity index is 617. The normalized spacial score (nSPS) is 15.6. The number of nitrogens with one attached hydrogen (secondary N) is 2. The van der Waals surface area contributed by atoms with E-state index in [2.05, 4.69) is 30.9 Å². The standard InChI is InChI=1S/C12H16BrF2N3O2S.2ClH/c13-9-7-12(11(15)8-10(9)14)21(19,20)17-3-6-18-4-1-16-2-5-18;;/h7-8,16-17H,1-6H2;2*1H. The molecule has 23 heavy (non-hydrogen) atoms. The third-order valence-corrected chi connectivity index (χ3v) is 5.28. The molecule has 134 valence electrons. The first-order valence-corrected chi connectivity index (χ1v) is 8.75. The molecule has 1 saturated heterocycles. The van der Waals surface area contributed by atoms with Crippen molar-refractivity contribution in [2.24, 2.45) is 0 Å². The van der Waals surface area contributed by atoms with Gasteiger partial charge in [-0.1, -0.05) is 0 Å². The molecular weight excluding hydrogens is 439 g/mol. The highest BCUT2D eigenvalue weighted by Gasteiger charge is 2.21. The summed E-state index contributed by atoms with van der Waals surface area (Å²) in [5.41, 5.74) is 0. The van der Waals surface area contributed by atoms with Gasteiger partial charge in [-0.05, 0) is 22.0 Å². The fourth-order valence-corrected chi connectivity index (χ4v) is 3.66. The van der Waals surface area contributed by atoms with Gasteiger partial charge in [-0.25, -0.2) is 21.9 Å². The minimum atomic E-state index is -3.99. The zero-order valence-electron chi connectivity index (χ0n) is 12.0. The first-order chi connectivity index (χ1) is 9.90. The van der Waals surface area contributed by atoms with Crippen molar-refractivity contribution in [3.63, 3.8) is 0 Å². The molecule has 0 saturated carbocycles. The minimum absolute atomic E-state index is 0. The third kappa shape index (κ3) is 6.41. The molecule has 11 heteroatoms. The van der Waals surface area contributed by atoms with E-state index in [-0.39, 0.29) is 35.8 Å². The Balaban J connectivity index is 0.00000242. The summed E-state index contributed by atoms with van der Waals surface area (Å²) in [4.78, 5) is 1.55. The van der Waals surface area contributed by atoms with Crippen LogP contribution in [-0.4, -0.2) is 52.6 Å². The van der Waals surface area contributed by atoms with Gasteiger partial charge in [0.1, 0.15) is 16.5 Å². The predicted octanol–water partition coefficient (Wildman–Crippen LogP) is 1.75. The van der Waals surface area contributed by atoms with E-state index < -0.39 is 26.6 Å². The molecule has 0 aliphatic carbocycles. The number of piperazine rings is 1. The quantitative estimate of drug-likeness (QED) is 0.662. The van der Waals surface area contributed by atoms with E-state index in [1.54, 1.807) is 0 Å². The molecule has 0 unspecified atom stereocenters. The van der Waals surface area contributed by atoms with Gasteiger partial charge in [0.05, 0.1) is 4.47 Å². The summed E-state index contributed by atoms with van der Waals surface area (Å²) in [5, 5.41) is 3.20. The van der Waals surface area contributed by atoms with Crippen molar-refractivity contribution in [2.45, 2.75) is 4.90 Å². The Morgan fingerprint density at radius 2 is 1.78 bits per heavy atom. The molecule has 0 aromatic heterocycles. The van der Waals surface area contributed by atoms with Crippen molar-refractivity contribution >= 4 is 50.8 Å². The number of sulfonamides is 1. The molecule has 0 radical (unpaired) electrons. The molecule has 0 atom stereocenters. The largest absolute Gasteiger partial charge is 0.314 e. The van der Waals surface area contributed by atoms with Gasteiger partial charge in [0.2, 0.25) is 10.0 Å². The average molecular weight is 457 g/mol. The lowest BCUT2D eigenvalue weighted by atomic mass is 10.3. The van der Waals surface area contributed by atoms with Gasteiger partial charge in [0.25, 0.3) is 0 Å². The number of hydrogen-bond donors (Lipinski definition) is 2. The minimum Gasteiger partial charge on any atom is -0.314 e. The van der Waals surface area contributed by atoms with Crippen molar-refractivity contribution in [3.8, 4) is 0 Å². The third-order valence-electron chi connectivity index (χ3n) is 3.19. The van der Waals surface area contributed by atoms with Crippen LogP contribution in [-0.2, 0) is 10.0 Å². The maximum absolute atomic E-state index is 13.6. The van der Waals surface area contributed by atoms with E-state index in [1.165, 1.54) is 0 Å². The molecule has 1 fully saturated rings. The summed E-state index contributed by atoms with van der Waals surface area (Å²) in [6.45, 7) is 4.15. The highest BCUT2D eigenvalue weighted by atomic mass is 79.9. The summed E-state index contributed by atoms with van der Waals surface area (Å²) < 4.78 is 53.0. The average Bonchev–Trinajstić information content (AvgIpc) is 2.43. The molecule has 1 aliphatic heterocycles. The molecular formula is C12H18BrCl2F2N3O2S. The second kappa shape index (κ2) is 10.1. The van der Waals surface area contributed by atoms with Crippen LogP contribution in [0.1, 0.15) is 0 Å². The van der Waals surface area contributed by atoms with Crippen LogP contribution in [0.25, 0.3) is 0 Å². The zero-order chi connectivity index (χ0) is 15.5. The monoisotopic (exact) mass is 455 g/mol. The number of halogens is 5. The van der Waals surface area contributed by atoms with Crippen molar-refractivity contribution in [2.75, 3.05) is 39.3 Å². The van der Waals surface area contributed by atoms with Crippen LogP contribution in [0.15, 0.2) is 21.5 Å². The molecule has 1 aliphatic rings. The second-order valence-corrected chi connectivity index (χ2v) is 7.28. The van der Waals surface area contributed by atoms with Crippen LogP contribution in [0.3, 0.4) is 0 Å². The van der Waals surface area contributed by atoms with Crippen LogP contribution >= 0.6 is 40.7 Å². The Morgan fingerprint density at radius 3 is 2.39 bits per heavy atom. The Labute approximate surface area is 155 Å². The lowest BCUT2D eigenvalue weighted by Crippen LogP contribution is -2.46. The Hall–Kier alpha value is -0.0300. The Kier molecular flexibility index (Phi) is 10.1. The molecule has 1 heterocycles. The Morgan fingerprint density at radius 1 is 1.17 bits per heavy atom. The second-order valence-electron chi connectivity index (χ2n) is 4.69. The number of nitrogens with zero attached hydrogens (tertiary/aromatic N) is 1. The maximum Gasteiger partial charge on any atom is 0.243 e. The molecule has 2 N–H and O–H groups in total. The highest BCUT2D eigenvalue weighted by molar-refractivity contribution is 9.10. The van der Waals surface area contributed by atoms with Crippen LogP contribution in [0.5, 0.6) is 0 Å². The summed E-state index contributed by atoms with van der Waals surface area (Å²) in [6, 6.07) is 1.48. The molecule has 1 aromatic carbocycles. The van der Waals surface area contributed by atoms with Crippen LogP contribution < -0.4 is 10.0 Å². The maximum atomic E-state index is 13.6. The van der Waals surface area contributed by atoms with Gasteiger partial charge >= 0.3 is 0 Å². The lowest BCUT2D eigenvalue weighted by molar-refractivity contribution is 0.245. The topological polar surface area (TPSA) is 61.4 Å². The number of benzene rings is 1. The SMILES string of the molecule is Cl.Cl.O=S(=O)(NCCN1CCNCC1)c1cc(Br)c(F)cc1F. The molecule has 2 rings (SSSR count). The summed E-state index contributed by atoms with van der Waals surface area (Å²) in [5.74, 6) is -1.95. The fraction of sp³-hybridized carbons (Fsp3) is 0.500. The lowest BCUT2D eigenvalue weighted by Gasteiger charge is -2.27. The van der Waals surface area contributed by atoms with E-state index in [9.17, 15) is 17.2 Å². The number of hydrogen-bond acceptors (Lipinski definition) is 4. The molecule has 0 spiro atoms. The first kappa shape index (κ1) is 23.0. The van der Waals surface area contributed by atoms with Crippen molar-refractivity contribution in [3.05, 3.63) is 28.2 Å². The van der Waals surface area contributed by atoms with Gasteiger partial charge < -0.3 is 5.32 Å². The van der Waals surface area contributed by atoms with Gasteiger partial charge in [-0.15, -0.1) is 24.8 Å². The van der Waals surface area contributed by atoms with Crippen LogP contribution in [0.2, 0.25) is 0 Å². The van der Waals surface area contributed by atoms with E-state index in [1.807, 2.05) is 0 Å². The van der Waals surface area contributed by atoms with Gasteiger partial charge in [0.15, 0.2) is 0 Å². The van der Waals surface area contributed by atoms with E-state index in [0.29, 0.717) is 12.6 Å². The van der Waals surface area contributed by atoms with Crippen LogP contribution in [0, 0.1) is 11.6 Å². The van der Waals surface area contributed by atoms with Crippen molar-refractivity contribution < 1.29 is 17.2 Å². The van der Waals surface area contributed by atoms with Gasteiger partial charge in [-0.2, -0.15) is 0 Å². The highest BCUT2D eigenvalue weighted by Crippen LogP contribution is 2.23. The smallest absolute Gasteiger partial charge is 0.243 e. The van der Waals surface area contributed by atoms with Crippen molar-refractivity contribution in [1.29, 1.82) is 0 Å². The fourth-order valence-electron chi connectivity index (χ4n) is 2.06. The molecule has 1 aromatic rings. The first-order valence-electron chi connectivity index (χ1n) is 6.47. The van der Waals surface area contributed by atoms with Gasteiger partial charge in [-0.3, -0.25) is 4.90 Å². The van der Waals surface area contributed by atoms with E-state index >= 15 is 0 Å². The molecule has 0 amide bonds. The summed E-state index contributed by atoms with van der Waals surface area (Å²) in [7, 11) is -3.99. The summed E-state index contributed by atoms with van der Waals surface area (Å²) in [6.07, 6.45) is 0. The molecule has 0 bridgehead atoms. The zero-order valence-corrected chi connectivity index (χ0v) is 16.1. The van der Waals surface area contributed by atoms with Crippen LogP contribution in [0.4, 0.5) is 8.78 Å². The molecule has 5 nitrogen and oxygen atoms in total. The number of rotatable bonds is 5. The van der Waals surface area contributed by atoms with Gasteiger partial charge in [0, 0.05) is 45.3 Å². The van der Waals surface area contributed by atoms with E-state index in [0.717, 1.165) is 32.2 Å². The van der Waals surface area contributed by atoms with E-state index in [4.69, 9.17) is 0 Å². The predicted molar refractivity (Wildman–Crippen MR) is 93.1 cm³/mol. The summed E-state index contributed by atoms with van der Waals surface area (Å²) >= 11 is 2.85.